The Kier molecular flexibility index (Phi) is 16.5. The van der Waals surface area contributed by atoms with Gasteiger partial charge in [0, 0.05) is 17.1 Å². The maximum Gasteiger partial charge on any atom is 0 e. The van der Waals surface area contributed by atoms with Crippen molar-refractivity contribution in [1.29, 1.82) is 0 Å². The fourth-order valence-electron chi connectivity index (χ4n) is 4.54. The van der Waals surface area contributed by atoms with E-state index in [2.05, 4.69) is 65.8 Å². The molecule has 0 unspecified atom stereocenters. The topological polar surface area (TPSA) is 0 Å². The van der Waals surface area contributed by atoms with E-state index < -0.39 is 0 Å². The van der Waals surface area contributed by atoms with Crippen molar-refractivity contribution in [1.82, 2.24) is 0 Å². The standard InChI is InChI=1S/C20H35.C8H11.Fe/c1-6-11-16-17(12-7-2)19(14-9-4)20(15-10-5)18(16)13-8-3;1-2-5-8-6-3-4-7-8;/h6-15H2,1-5H3;3-4,6-7H,2,5H2,1H3;/q-5;-1;. The van der Waals surface area contributed by atoms with Crippen LogP contribution in [0, 0.1) is 0 Å². The van der Waals surface area contributed by atoms with Gasteiger partial charge in [0.15, 0.2) is 0 Å². The van der Waals surface area contributed by atoms with Gasteiger partial charge in [0.2, 0.25) is 0 Å². The maximum absolute atomic E-state index is 2.33. The Morgan fingerprint density at radius 1 is 0.414 bits per heavy atom. The van der Waals surface area contributed by atoms with Crippen LogP contribution in [0.4, 0.5) is 0 Å². The molecule has 0 heterocycles. The van der Waals surface area contributed by atoms with Crippen LogP contribution < -0.4 is 0 Å². The fourth-order valence-corrected chi connectivity index (χ4v) is 4.54. The van der Waals surface area contributed by atoms with Gasteiger partial charge in [-0.3, -0.25) is 0 Å². The molecule has 2 rings (SSSR count). The quantitative estimate of drug-likeness (QED) is 0.230. The molecule has 1 heteroatoms. The van der Waals surface area contributed by atoms with Crippen LogP contribution in [0.15, 0.2) is 24.3 Å². The van der Waals surface area contributed by atoms with E-state index in [9.17, 15) is 0 Å². The molecule has 2 aromatic rings. The third-order valence-corrected chi connectivity index (χ3v) is 5.59. The molecule has 0 saturated carbocycles. The average Bonchev–Trinajstić information content (AvgIpc) is 3.28. The van der Waals surface area contributed by atoms with Crippen LogP contribution in [0.3, 0.4) is 0 Å². The van der Waals surface area contributed by atoms with Gasteiger partial charge in [-0.25, -0.2) is 44.2 Å². The summed E-state index contributed by atoms with van der Waals surface area (Å²) in [7, 11) is 0. The minimum Gasteiger partial charge on any atom is -0.727 e. The Hall–Kier alpha value is -0.781. The second kappa shape index (κ2) is 17.0. The zero-order chi connectivity index (χ0) is 20.8. The van der Waals surface area contributed by atoms with E-state index in [0.717, 1.165) is 0 Å². The molecular formula is C28H46Fe-6. The summed E-state index contributed by atoms with van der Waals surface area (Å²) < 4.78 is 0. The van der Waals surface area contributed by atoms with E-state index in [4.69, 9.17) is 0 Å². The minimum absolute atomic E-state index is 0. The minimum atomic E-state index is 0. The molecule has 0 aliphatic heterocycles. The first-order chi connectivity index (χ1) is 13.7. The van der Waals surface area contributed by atoms with Gasteiger partial charge in [-0.05, 0) is 0 Å². The number of rotatable bonds is 12. The summed E-state index contributed by atoms with van der Waals surface area (Å²) in [6, 6.07) is 8.52. The molecule has 0 nitrogen and oxygen atoms in total. The molecule has 0 radical (unpaired) electrons. The largest absolute Gasteiger partial charge is 0.727 e. The van der Waals surface area contributed by atoms with Crippen LogP contribution in [0.1, 0.15) is 113 Å². The Bertz CT molecular complexity index is 512. The summed E-state index contributed by atoms with van der Waals surface area (Å²) >= 11 is 0. The summed E-state index contributed by atoms with van der Waals surface area (Å²) in [6.45, 7) is 13.9. The van der Waals surface area contributed by atoms with Crippen LogP contribution in [0.2, 0.25) is 0 Å². The second-order valence-electron chi connectivity index (χ2n) is 8.19. The molecule has 0 N–H and O–H groups in total. The zero-order valence-corrected chi connectivity index (χ0v) is 21.3. The third-order valence-electron chi connectivity index (χ3n) is 5.59. The van der Waals surface area contributed by atoms with Gasteiger partial charge in [-0.2, -0.15) is 17.7 Å². The van der Waals surface area contributed by atoms with E-state index in [-0.39, 0.29) is 17.1 Å². The van der Waals surface area contributed by atoms with Gasteiger partial charge in [0.25, 0.3) is 0 Å². The number of hydrogen-bond donors (Lipinski definition) is 0. The monoisotopic (exact) mass is 438 g/mol. The Morgan fingerprint density at radius 3 is 0.862 bits per heavy atom. The van der Waals surface area contributed by atoms with Crippen molar-refractivity contribution in [3.05, 3.63) is 57.6 Å². The van der Waals surface area contributed by atoms with Crippen molar-refractivity contribution in [2.45, 2.75) is 119 Å². The molecule has 0 fully saturated rings. The molecule has 172 valence electrons. The van der Waals surface area contributed by atoms with Crippen molar-refractivity contribution in [2.75, 3.05) is 0 Å². The fraction of sp³-hybridized carbons (Fsp3) is 0.643. The molecule has 0 aliphatic rings. The van der Waals surface area contributed by atoms with Crippen molar-refractivity contribution in [2.24, 2.45) is 0 Å². The Morgan fingerprint density at radius 2 is 0.655 bits per heavy atom. The second-order valence-corrected chi connectivity index (χ2v) is 8.19. The van der Waals surface area contributed by atoms with Crippen LogP contribution in [0.25, 0.3) is 0 Å². The molecule has 0 aliphatic carbocycles. The number of aryl methyl sites for hydroxylation is 1. The summed E-state index contributed by atoms with van der Waals surface area (Å²) in [5, 5.41) is 0. The van der Waals surface area contributed by atoms with E-state index in [1.165, 1.54) is 82.6 Å². The average molecular weight is 439 g/mol. The first-order valence-electron chi connectivity index (χ1n) is 12.2. The summed E-state index contributed by atoms with van der Waals surface area (Å²) in [6.07, 6.45) is 15.4. The van der Waals surface area contributed by atoms with Gasteiger partial charge >= 0.3 is 0 Å². The SMILES string of the molecule is CCC[c-]1[c-](CCC)[c-](CCC)[c-](CCC)[c-]1CCC.CCC[c-]1cccc1.[Fe]. The van der Waals surface area contributed by atoms with E-state index in [0.29, 0.717) is 0 Å². The van der Waals surface area contributed by atoms with Crippen molar-refractivity contribution in [3.8, 4) is 0 Å². The molecule has 0 aromatic heterocycles. The van der Waals surface area contributed by atoms with Crippen LogP contribution in [0.5, 0.6) is 0 Å². The predicted molar refractivity (Wildman–Crippen MR) is 128 cm³/mol. The molecule has 0 spiro atoms. The summed E-state index contributed by atoms with van der Waals surface area (Å²) in [4.78, 5) is 0. The van der Waals surface area contributed by atoms with Gasteiger partial charge in [0.1, 0.15) is 0 Å². The first-order valence-corrected chi connectivity index (χ1v) is 12.2. The Balaban J connectivity index is 0.000000729. The third kappa shape index (κ3) is 8.85. The van der Waals surface area contributed by atoms with Crippen molar-refractivity contribution >= 4 is 0 Å². The summed E-state index contributed by atoms with van der Waals surface area (Å²) in [5.74, 6) is 0. The molecule has 0 saturated heterocycles. The van der Waals surface area contributed by atoms with Gasteiger partial charge in [0.05, 0.1) is 0 Å². The van der Waals surface area contributed by atoms with Gasteiger partial charge in [-0.15, -0.1) is 0 Å². The smallest absolute Gasteiger partial charge is 0 e. The molecular weight excluding hydrogens is 392 g/mol. The van der Waals surface area contributed by atoms with E-state index in [1.54, 1.807) is 27.8 Å². The van der Waals surface area contributed by atoms with Crippen LogP contribution in [-0.2, 0) is 55.6 Å². The zero-order valence-electron chi connectivity index (χ0n) is 20.1. The molecule has 0 amide bonds. The van der Waals surface area contributed by atoms with E-state index >= 15 is 0 Å². The van der Waals surface area contributed by atoms with Crippen molar-refractivity contribution < 1.29 is 17.1 Å². The first kappa shape index (κ1) is 28.2. The molecule has 0 bridgehead atoms. The number of hydrogen-bond acceptors (Lipinski definition) is 0. The molecule has 2 aromatic carbocycles. The van der Waals surface area contributed by atoms with Crippen LogP contribution in [-0.4, -0.2) is 0 Å². The van der Waals surface area contributed by atoms with Crippen LogP contribution >= 0.6 is 0 Å². The summed E-state index contributed by atoms with van der Waals surface area (Å²) in [5.41, 5.74) is 10.2. The molecule has 29 heavy (non-hydrogen) atoms. The van der Waals surface area contributed by atoms with Crippen molar-refractivity contribution in [3.63, 3.8) is 0 Å². The van der Waals surface area contributed by atoms with E-state index in [1.807, 2.05) is 0 Å². The maximum atomic E-state index is 2.33. The Labute approximate surface area is 193 Å². The normalized spacial score (nSPS) is 10.4. The molecule has 0 atom stereocenters. The predicted octanol–water partition coefficient (Wildman–Crippen LogP) is 8.52. The van der Waals surface area contributed by atoms with Gasteiger partial charge < -0.3 is 27.8 Å². The van der Waals surface area contributed by atoms with Gasteiger partial charge in [-0.1, -0.05) is 86.5 Å².